The molecule has 0 aromatic carbocycles. The van der Waals surface area contributed by atoms with E-state index >= 15 is 0 Å². The van der Waals surface area contributed by atoms with Gasteiger partial charge in [0, 0.05) is 0 Å². The van der Waals surface area contributed by atoms with Gasteiger partial charge in [0.25, 0.3) is 0 Å². The molecule has 2 N–H and O–H groups in total. The summed E-state index contributed by atoms with van der Waals surface area (Å²) in [6.45, 7) is 3.66. The van der Waals surface area contributed by atoms with Gasteiger partial charge in [-0.05, 0) is 13.3 Å². The number of hydrogen-bond donors (Lipinski definition) is 2. The fourth-order valence-electron chi connectivity index (χ4n) is 0.835. The van der Waals surface area contributed by atoms with Crippen molar-refractivity contribution in [3.05, 3.63) is 0 Å². The van der Waals surface area contributed by atoms with Crippen molar-refractivity contribution in [1.29, 1.82) is 0 Å². The molecule has 2 nitrogen and oxygen atoms in total. The third-order valence-corrected chi connectivity index (χ3v) is 1.66. The molecule has 0 saturated heterocycles. The maximum atomic E-state index is 9.30. The summed E-state index contributed by atoms with van der Waals surface area (Å²) in [5.74, 6) is 0. The van der Waals surface area contributed by atoms with E-state index in [4.69, 9.17) is 5.11 Å². The van der Waals surface area contributed by atoms with Crippen LogP contribution in [0.5, 0.6) is 0 Å². The lowest BCUT2D eigenvalue weighted by atomic mass is 10.00. The van der Waals surface area contributed by atoms with Crippen molar-refractivity contribution in [3.8, 4) is 0 Å². The summed E-state index contributed by atoms with van der Waals surface area (Å²) in [6, 6.07) is 0. The average Bonchev–Trinajstić information content (AvgIpc) is 1.89. The van der Waals surface area contributed by atoms with Gasteiger partial charge in [-0.15, -0.1) is 0 Å². The molecule has 0 bridgehead atoms. The maximum Gasteiger partial charge on any atom is 0.0849 e. The molecule has 0 aromatic heterocycles. The van der Waals surface area contributed by atoms with Crippen LogP contribution < -0.4 is 0 Å². The third kappa shape index (κ3) is 4.77. The van der Waals surface area contributed by atoms with Crippen molar-refractivity contribution >= 4 is 0 Å². The smallest absolute Gasteiger partial charge is 0.0849 e. The molecule has 10 heavy (non-hydrogen) atoms. The van der Waals surface area contributed by atoms with Gasteiger partial charge in [-0.2, -0.15) is 0 Å². The quantitative estimate of drug-likeness (QED) is 0.574. The van der Waals surface area contributed by atoms with Crippen LogP contribution in [-0.4, -0.2) is 22.4 Å². The molecule has 0 amide bonds. The van der Waals surface area contributed by atoms with Crippen LogP contribution in [0.4, 0.5) is 0 Å². The minimum Gasteiger partial charge on any atom is -0.393 e. The van der Waals surface area contributed by atoms with Gasteiger partial charge >= 0.3 is 0 Å². The molecule has 1 unspecified atom stereocenters. The molecule has 0 saturated carbocycles. The number of hydrogen-bond acceptors (Lipinski definition) is 2. The van der Waals surface area contributed by atoms with E-state index in [1.54, 1.807) is 6.92 Å². The van der Waals surface area contributed by atoms with E-state index in [9.17, 15) is 5.11 Å². The molecule has 0 heterocycles. The Bertz CT molecular complexity index is 79.3. The van der Waals surface area contributed by atoms with Crippen molar-refractivity contribution in [2.45, 2.75) is 45.1 Å². The molecule has 0 spiro atoms. The summed E-state index contributed by atoms with van der Waals surface area (Å²) in [5, 5.41) is 17.9. The Morgan fingerprint density at radius 3 is 2.30 bits per heavy atom. The minimum atomic E-state index is -0.852. The molecule has 2 heteroatoms. The predicted molar refractivity (Wildman–Crippen MR) is 41.9 cm³/mol. The molecule has 0 radical (unpaired) electrons. The van der Waals surface area contributed by atoms with E-state index in [1.165, 1.54) is 0 Å². The normalized spacial score (nSPS) is 16.8. The molecule has 0 aliphatic heterocycles. The Kier molecular flexibility index (Phi) is 4.65. The highest BCUT2D eigenvalue weighted by Crippen LogP contribution is 2.12. The Balaban J connectivity index is 3.28. The minimum absolute atomic E-state index is 0.128. The summed E-state index contributed by atoms with van der Waals surface area (Å²) in [7, 11) is 0. The van der Waals surface area contributed by atoms with Gasteiger partial charge in [0.05, 0.1) is 12.2 Å². The third-order valence-electron chi connectivity index (χ3n) is 1.66. The standard InChI is InChI=1S/C8H18O2/c1-3-4-5-6-8(2,10)7-9/h9-10H,3-7H2,1-2H3. The van der Waals surface area contributed by atoms with Crippen molar-refractivity contribution in [3.63, 3.8) is 0 Å². The first-order valence-corrected chi connectivity index (χ1v) is 3.95. The van der Waals surface area contributed by atoms with Crippen molar-refractivity contribution < 1.29 is 10.2 Å². The van der Waals surface area contributed by atoms with Crippen LogP contribution in [0.15, 0.2) is 0 Å². The van der Waals surface area contributed by atoms with Gasteiger partial charge in [-0.3, -0.25) is 0 Å². The lowest BCUT2D eigenvalue weighted by Gasteiger charge is -2.19. The number of aliphatic hydroxyl groups excluding tert-OH is 1. The number of unbranched alkanes of at least 4 members (excludes halogenated alkanes) is 2. The second kappa shape index (κ2) is 4.69. The summed E-state index contributed by atoms with van der Waals surface area (Å²) in [5.41, 5.74) is -0.852. The van der Waals surface area contributed by atoms with E-state index in [-0.39, 0.29) is 6.61 Å². The highest BCUT2D eigenvalue weighted by molar-refractivity contribution is 4.69. The van der Waals surface area contributed by atoms with E-state index in [0.29, 0.717) is 6.42 Å². The molecule has 1 atom stereocenters. The topological polar surface area (TPSA) is 40.5 Å². The zero-order valence-corrected chi connectivity index (χ0v) is 6.93. The average molecular weight is 146 g/mol. The highest BCUT2D eigenvalue weighted by Gasteiger charge is 2.17. The van der Waals surface area contributed by atoms with Crippen LogP contribution in [0.25, 0.3) is 0 Å². The Hall–Kier alpha value is -0.0800. The molecule has 0 aliphatic carbocycles. The van der Waals surface area contributed by atoms with Gasteiger partial charge in [0.15, 0.2) is 0 Å². The Morgan fingerprint density at radius 2 is 1.90 bits per heavy atom. The van der Waals surface area contributed by atoms with Gasteiger partial charge in [0.1, 0.15) is 0 Å². The van der Waals surface area contributed by atoms with Crippen LogP contribution >= 0.6 is 0 Å². The first-order valence-electron chi connectivity index (χ1n) is 3.95. The predicted octanol–water partition coefficient (Wildman–Crippen LogP) is 1.31. The zero-order valence-electron chi connectivity index (χ0n) is 6.93. The molecule has 0 rings (SSSR count). The lowest BCUT2D eigenvalue weighted by molar-refractivity contribution is -0.00686. The Morgan fingerprint density at radius 1 is 1.30 bits per heavy atom. The van der Waals surface area contributed by atoms with E-state index in [0.717, 1.165) is 19.3 Å². The lowest BCUT2D eigenvalue weighted by Crippen LogP contribution is -2.28. The van der Waals surface area contributed by atoms with Gasteiger partial charge in [-0.1, -0.05) is 26.2 Å². The SMILES string of the molecule is CCCCCC(C)(O)CO. The summed E-state index contributed by atoms with van der Waals surface area (Å²) in [4.78, 5) is 0. The van der Waals surface area contributed by atoms with Crippen LogP contribution in [-0.2, 0) is 0 Å². The Labute approximate surface area is 62.9 Å². The first-order chi connectivity index (χ1) is 4.62. The number of rotatable bonds is 5. The van der Waals surface area contributed by atoms with Gasteiger partial charge in [-0.25, -0.2) is 0 Å². The molecular weight excluding hydrogens is 128 g/mol. The highest BCUT2D eigenvalue weighted by atomic mass is 16.3. The molecule has 0 aromatic rings. The van der Waals surface area contributed by atoms with Crippen LogP contribution in [0.2, 0.25) is 0 Å². The molecule has 0 aliphatic rings. The fraction of sp³-hybridized carbons (Fsp3) is 1.00. The fourth-order valence-corrected chi connectivity index (χ4v) is 0.835. The van der Waals surface area contributed by atoms with Crippen LogP contribution in [0.1, 0.15) is 39.5 Å². The van der Waals surface area contributed by atoms with E-state index in [1.807, 2.05) is 0 Å². The van der Waals surface area contributed by atoms with Crippen LogP contribution in [0, 0.1) is 0 Å². The molecule has 62 valence electrons. The van der Waals surface area contributed by atoms with Gasteiger partial charge < -0.3 is 10.2 Å². The first kappa shape index (κ1) is 9.92. The van der Waals surface area contributed by atoms with Crippen molar-refractivity contribution in [1.82, 2.24) is 0 Å². The summed E-state index contributed by atoms with van der Waals surface area (Å²) < 4.78 is 0. The second-order valence-electron chi connectivity index (χ2n) is 3.11. The molecule has 0 fully saturated rings. The van der Waals surface area contributed by atoms with Crippen molar-refractivity contribution in [2.75, 3.05) is 6.61 Å². The van der Waals surface area contributed by atoms with Crippen LogP contribution in [0.3, 0.4) is 0 Å². The van der Waals surface area contributed by atoms with Crippen molar-refractivity contribution in [2.24, 2.45) is 0 Å². The second-order valence-corrected chi connectivity index (χ2v) is 3.11. The summed E-state index contributed by atoms with van der Waals surface area (Å²) >= 11 is 0. The maximum absolute atomic E-state index is 9.30. The largest absolute Gasteiger partial charge is 0.393 e. The molecular formula is C8H18O2. The monoisotopic (exact) mass is 146 g/mol. The number of aliphatic hydroxyl groups is 2. The van der Waals surface area contributed by atoms with Gasteiger partial charge in [0.2, 0.25) is 0 Å². The van der Waals surface area contributed by atoms with E-state index < -0.39 is 5.60 Å². The zero-order chi connectivity index (χ0) is 8.04. The van der Waals surface area contributed by atoms with E-state index in [2.05, 4.69) is 6.92 Å². The summed E-state index contributed by atoms with van der Waals surface area (Å²) in [6.07, 6.45) is 4.00.